The largest absolute Gasteiger partial charge is 0.271 e. The molecule has 1 unspecified atom stereocenters. The van der Waals surface area contributed by atoms with Crippen LogP contribution >= 0.6 is 23.2 Å². The first-order valence-electron chi connectivity index (χ1n) is 6.35. The molecule has 0 aliphatic carbocycles. The minimum atomic E-state index is -0.0622. The van der Waals surface area contributed by atoms with E-state index in [1.165, 1.54) is 0 Å². The lowest BCUT2D eigenvalue weighted by Gasteiger charge is -2.19. The number of benzene rings is 1. The van der Waals surface area contributed by atoms with Gasteiger partial charge < -0.3 is 0 Å². The summed E-state index contributed by atoms with van der Waals surface area (Å²) in [5.41, 5.74) is 6.73. The molecule has 0 fully saturated rings. The summed E-state index contributed by atoms with van der Waals surface area (Å²) in [4.78, 5) is 4.37. The number of aryl methyl sites for hydroxylation is 2. The fourth-order valence-electron chi connectivity index (χ4n) is 2.27. The third-order valence-electron chi connectivity index (χ3n) is 3.18. The second-order valence-corrected chi connectivity index (χ2v) is 5.62. The fourth-order valence-corrected chi connectivity index (χ4v) is 2.82. The number of hydrogen-bond donors (Lipinski definition) is 2. The van der Waals surface area contributed by atoms with Gasteiger partial charge >= 0.3 is 0 Å². The number of rotatable bonds is 4. The van der Waals surface area contributed by atoms with Crippen molar-refractivity contribution < 1.29 is 0 Å². The van der Waals surface area contributed by atoms with E-state index in [1.807, 2.05) is 44.2 Å². The molecule has 5 heteroatoms. The van der Waals surface area contributed by atoms with Crippen LogP contribution in [0.15, 0.2) is 30.3 Å². The van der Waals surface area contributed by atoms with Gasteiger partial charge in [-0.05, 0) is 55.7 Å². The zero-order chi connectivity index (χ0) is 14.7. The van der Waals surface area contributed by atoms with E-state index in [2.05, 4.69) is 10.4 Å². The first-order valence-corrected chi connectivity index (χ1v) is 7.11. The Morgan fingerprint density at radius 2 is 1.70 bits per heavy atom. The summed E-state index contributed by atoms with van der Waals surface area (Å²) in [5, 5.41) is 1.31. The molecule has 20 heavy (non-hydrogen) atoms. The summed E-state index contributed by atoms with van der Waals surface area (Å²) in [6.45, 7) is 3.93. The molecule has 0 spiro atoms. The van der Waals surface area contributed by atoms with E-state index >= 15 is 0 Å². The Morgan fingerprint density at radius 3 is 2.20 bits per heavy atom. The Bertz CT molecular complexity index is 574. The molecule has 1 aromatic carbocycles. The molecule has 2 rings (SSSR count). The number of aromatic nitrogens is 1. The average Bonchev–Trinajstić information content (AvgIpc) is 2.37. The van der Waals surface area contributed by atoms with Gasteiger partial charge in [0.05, 0.1) is 6.04 Å². The second kappa shape index (κ2) is 6.55. The summed E-state index contributed by atoms with van der Waals surface area (Å²) < 4.78 is 0. The van der Waals surface area contributed by atoms with Crippen molar-refractivity contribution in [3.05, 3.63) is 62.9 Å². The molecule has 2 aromatic rings. The molecule has 0 aliphatic rings. The highest BCUT2D eigenvalue weighted by Gasteiger charge is 2.15. The van der Waals surface area contributed by atoms with E-state index in [4.69, 9.17) is 29.0 Å². The predicted molar refractivity (Wildman–Crippen MR) is 83.9 cm³/mol. The Kier molecular flexibility index (Phi) is 5.00. The van der Waals surface area contributed by atoms with Crippen LogP contribution in [0.25, 0.3) is 0 Å². The molecule has 1 heterocycles. The first-order chi connectivity index (χ1) is 9.51. The lowest BCUT2D eigenvalue weighted by molar-refractivity contribution is 0.550. The average molecular weight is 310 g/mol. The third kappa shape index (κ3) is 3.49. The number of halogens is 2. The number of hydrogen-bond acceptors (Lipinski definition) is 3. The number of pyridine rings is 1. The topological polar surface area (TPSA) is 50.9 Å². The second-order valence-electron chi connectivity index (χ2n) is 4.81. The van der Waals surface area contributed by atoms with Gasteiger partial charge in [-0.2, -0.15) is 0 Å². The van der Waals surface area contributed by atoms with Crippen molar-refractivity contribution in [3.63, 3.8) is 0 Å². The van der Waals surface area contributed by atoms with E-state index in [-0.39, 0.29) is 6.04 Å². The van der Waals surface area contributed by atoms with E-state index in [0.29, 0.717) is 16.5 Å². The molecule has 0 saturated heterocycles. The van der Waals surface area contributed by atoms with Crippen LogP contribution in [0.2, 0.25) is 10.0 Å². The number of nitrogens with one attached hydrogen (secondary N) is 1. The van der Waals surface area contributed by atoms with Gasteiger partial charge in [-0.25, -0.2) is 0 Å². The van der Waals surface area contributed by atoms with E-state index in [9.17, 15) is 0 Å². The number of hydrazine groups is 1. The van der Waals surface area contributed by atoms with Gasteiger partial charge in [0.1, 0.15) is 0 Å². The maximum Gasteiger partial charge on any atom is 0.0502 e. The maximum absolute atomic E-state index is 6.22. The van der Waals surface area contributed by atoms with Gasteiger partial charge in [0.2, 0.25) is 0 Å². The molecule has 1 atom stereocenters. The van der Waals surface area contributed by atoms with Crippen molar-refractivity contribution in [1.29, 1.82) is 0 Å². The Balaban J connectivity index is 2.33. The van der Waals surface area contributed by atoms with Crippen LogP contribution in [0.1, 0.15) is 28.6 Å². The summed E-state index contributed by atoms with van der Waals surface area (Å²) in [5.74, 6) is 5.70. The van der Waals surface area contributed by atoms with Crippen LogP contribution in [0, 0.1) is 13.8 Å². The zero-order valence-corrected chi connectivity index (χ0v) is 13.0. The van der Waals surface area contributed by atoms with Gasteiger partial charge in [0.25, 0.3) is 0 Å². The zero-order valence-electron chi connectivity index (χ0n) is 11.5. The van der Waals surface area contributed by atoms with Gasteiger partial charge in [-0.3, -0.25) is 16.3 Å². The van der Waals surface area contributed by atoms with Crippen LogP contribution in [0.3, 0.4) is 0 Å². The standard InChI is InChI=1S/C15H17Cl2N3/c1-9-6-11(7-10(2)19-9)15(20-18)8-12-13(16)4-3-5-14(12)17/h3-7,15,20H,8,18H2,1-2H3. The molecule has 106 valence electrons. The molecular formula is C15H17Cl2N3. The molecular weight excluding hydrogens is 293 g/mol. The van der Waals surface area contributed by atoms with Crippen LogP contribution in [0.4, 0.5) is 0 Å². The van der Waals surface area contributed by atoms with Crippen molar-refractivity contribution in [2.75, 3.05) is 0 Å². The summed E-state index contributed by atoms with van der Waals surface area (Å²) in [6, 6.07) is 9.47. The highest BCUT2D eigenvalue weighted by atomic mass is 35.5. The summed E-state index contributed by atoms with van der Waals surface area (Å²) in [7, 11) is 0. The van der Waals surface area contributed by atoms with E-state index in [0.717, 1.165) is 22.5 Å². The van der Waals surface area contributed by atoms with Crippen LogP contribution in [-0.2, 0) is 6.42 Å². The molecule has 3 N–H and O–H groups in total. The Labute approximate surface area is 129 Å². The van der Waals surface area contributed by atoms with Gasteiger partial charge in [-0.15, -0.1) is 0 Å². The molecule has 0 bridgehead atoms. The highest BCUT2D eigenvalue weighted by molar-refractivity contribution is 6.36. The van der Waals surface area contributed by atoms with Crippen LogP contribution in [-0.4, -0.2) is 4.98 Å². The summed E-state index contributed by atoms with van der Waals surface area (Å²) >= 11 is 12.4. The molecule has 0 aliphatic heterocycles. The van der Waals surface area contributed by atoms with E-state index in [1.54, 1.807) is 0 Å². The highest BCUT2D eigenvalue weighted by Crippen LogP contribution is 2.29. The third-order valence-corrected chi connectivity index (χ3v) is 3.89. The number of nitrogens with two attached hydrogens (primary N) is 1. The van der Waals surface area contributed by atoms with Crippen molar-refractivity contribution in [1.82, 2.24) is 10.4 Å². The SMILES string of the molecule is Cc1cc(C(Cc2c(Cl)cccc2Cl)NN)cc(C)n1. The van der Waals surface area contributed by atoms with Crippen molar-refractivity contribution >= 4 is 23.2 Å². The molecule has 1 aromatic heterocycles. The van der Waals surface area contributed by atoms with Crippen molar-refractivity contribution in [2.45, 2.75) is 26.3 Å². The quantitative estimate of drug-likeness (QED) is 0.668. The van der Waals surface area contributed by atoms with Gasteiger partial charge in [0.15, 0.2) is 0 Å². The molecule has 0 saturated carbocycles. The molecule has 3 nitrogen and oxygen atoms in total. The molecule has 0 radical (unpaired) electrons. The Hall–Kier alpha value is -1.13. The maximum atomic E-state index is 6.22. The van der Waals surface area contributed by atoms with Crippen molar-refractivity contribution in [2.24, 2.45) is 5.84 Å². The van der Waals surface area contributed by atoms with Gasteiger partial charge in [-0.1, -0.05) is 29.3 Å². The lowest BCUT2D eigenvalue weighted by atomic mass is 9.99. The smallest absolute Gasteiger partial charge is 0.0502 e. The fraction of sp³-hybridized carbons (Fsp3) is 0.267. The number of nitrogens with zero attached hydrogens (tertiary/aromatic N) is 1. The Morgan fingerprint density at radius 1 is 1.15 bits per heavy atom. The van der Waals surface area contributed by atoms with Crippen LogP contribution < -0.4 is 11.3 Å². The minimum Gasteiger partial charge on any atom is -0.271 e. The first kappa shape index (κ1) is 15.3. The summed E-state index contributed by atoms with van der Waals surface area (Å²) in [6.07, 6.45) is 0.623. The van der Waals surface area contributed by atoms with Crippen molar-refractivity contribution in [3.8, 4) is 0 Å². The van der Waals surface area contributed by atoms with Crippen LogP contribution in [0.5, 0.6) is 0 Å². The van der Waals surface area contributed by atoms with E-state index < -0.39 is 0 Å². The predicted octanol–water partition coefficient (Wildman–Crippen LogP) is 3.75. The molecule has 0 amide bonds. The lowest BCUT2D eigenvalue weighted by Crippen LogP contribution is -2.30. The van der Waals surface area contributed by atoms with Gasteiger partial charge in [0, 0.05) is 21.4 Å². The monoisotopic (exact) mass is 309 g/mol. The minimum absolute atomic E-state index is 0.0622. The normalized spacial score (nSPS) is 12.4.